The Balaban J connectivity index is 2.14. The zero-order valence-corrected chi connectivity index (χ0v) is 12.1. The van der Waals surface area contributed by atoms with E-state index >= 15 is 0 Å². The molecule has 1 aromatic heterocycles. The first-order chi connectivity index (χ1) is 10.5. The number of carbonyl (C=O) groups excluding carboxylic acids is 1. The van der Waals surface area contributed by atoms with Crippen LogP contribution in [0.3, 0.4) is 0 Å². The van der Waals surface area contributed by atoms with E-state index in [0.29, 0.717) is 23.7 Å². The molecular formula is C16H17NO5. The largest absolute Gasteiger partial charge is 0.481 e. The number of nitrogens with two attached hydrogens (primary N) is 1. The molecule has 6 nitrogen and oxygen atoms in total. The summed E-state index contributed by atoms with van der Waals surface area (Å²) in [6, 6.07) is 9.44. The second-order valence-corrected chi connectivity index (χ2v) is 4.70. The number of furan rings is 1. The molecule has 3 N–H and O–H groups in total. The van der Waals surface area contributed by atoms with Crippen LogP contribution in [0.15, 0.2) is 40.8 Å². The van der Waals surface area contributed by atoms with E-state index in [2.05, 4.69) is 0 Å². The molecule has 2 rings (SSSR count). The maximum atomic E-state index is 11.6. The van der Waals surface area contributed by atoms with Gasteiger partial charge in [0.2, 0.25) is 0 Å². The molecule has 0 saturated carbocycles. The van der Waals surface area contributed by atoms with Crippen molar-refractivity contribution in [2.24, 2.45) is 5.73 Å². The van der Waals surface area contributed by atoms with Crippen LogP contribution in [0.5, 0.6) is 0 Å². The Morgan fingerprint density at radius 3 is 2.50 bits per heavy atom. The van der Waals surface area contributed by atoms with Crippen LogP contribution < -0.4 is 5.73 Å². The molecule has 0 bridgehead atoms. The number of hydrogen-bond acceptors (Lipinski definition) is 5. The molecule has 0 radical (unpaired) electrons. The van der Waals surface area contributed by atoms with E-state index in [4.69, 9.17) is 20.0 Å². The van der Waals surface area contributed by atoms with Crippen LogP contribution in [0, 0.1) is 0 Å². The molecule has 22 heavy (non-hydrogen) atoms. The van der Waals surface area contributed by atoms with Crippen LogP contribution in [0.2, 0.25) is 0 Å². The molecule has 0 fully saturated rings. The third kappa shape index (κ3) is 3.73. The fourth-order valence-corrected chi connectivity index (χ4v) is 1.98. The minimum Gasteiger partial charge on any atom is -0.481 e. The van der Waals surface area contributed by atoms with Gasteiger partial charge in [0.1, 0.15) is 11.5 Å². The number of hydrogen-bond donors (Lipinski definition) is 2. The van der Waals surface area contributed by atoms with Crippen molar-refractivity contribution in [2.45, 2.75) is 19.4 Å². The molecule has 1 unspecified atom stereocenters. The van der Waals surface area contributed by atoms with E-state index in [-0.39, 0.29) is 12.4 Å². The lowest BCUT2D eigenvalue weighted by atomic mass is 10.1. The van der Waals surface area contributed by atoms with Gasteiger partial charge in [0.25, 0.3) is 0 Å². The summed E-state index contributed by atoms with van der Waals surface area (Å²) in [7, 11) is 0. The third-order valence-corrected chi connectivity index (χ3v) is 3.07. The van der Waals surface area contributed by atoms with Gasteiger partial charge in [-0.2, -0.15) is 0 Å². The zero-order chi connectivity index (χ0) is 16.1. The van der Waals surface area contributed by atoms with Gasteiger partial charge in [0.15, 0.2) is 0 Å². The molecule has 1 aromatic carbocycles. The van der Waals surface area contributed by atoms with E-state index in [1.807, 2.05) is 0 Å². The van der Waals surface area contributed by atoms with Crippen LogP contribution >= 0.6 is 0 Å². The number of carboxylic acid groups (broad SMARTS) is 1. The summed E-state index contributed by atoms with van der Waals surface area (Å²) in [5.41, 5.74) is 6.97. The van der Waals surface area contributed by atoms with Gasteiger partial charge >= 0.3 is 11.9 Å². The predicted octanol–water partition coefficient (Wildman–Crippen LogP) is 2.60. The van der Waals surface area contributed by atoms with Crippen molar-refractivity contribution in [3.8, 4) is 11.3 Å². The van der Waals surface area contributed by atoms with E-state index in [0.717, 1.165) is 5.56 Å². The number of aliphatic carboxylic acids is 1. The Bertz CT molecular complexity index is 659. The smallest absolute Gasteiger partial charge is 0.338 e. The van der Waals surface area contributed by atoms with Crippen molar-refractivity contribution in [3.05, 3.63) is 47.7 Å². The van der Waals surface area contributed by atoms with Crippen LogP contribution in [-0.4, -0.2) is 23.7 Å². The first kappa shape index (κ1) is 15.8. The number of benzene rings is 1. The molecule has 0 aliphatic rings. The Morgan fingerprint density at radius 1 is 1.23 bits per heavy atom. The van der Waals surface area contributed by atoms with Gasteiger partial charge in [0, 0.05) is 5.56 Å². The number of carbonyl (C=O) groups is 2. The van der Waals surface area contributed by atoms with Gasteiger partial charge in [-0.3, -0.25) is 4.79 Å². The SMILES string of the molecule is CCOC(=O)c1ccc(-c2ccc(C(N)CC(=O)O)o2)cc1. The van der Waals surface area contributed by atoms with Gasteiger partial charge in [-0.05, 0) is 31.2 Å². The molecule has 1 atom stereocenters. The number of carboxylic acids is 1. The highest BCUT2D eigenvalue weighted by Crippen LogP contribution is 2.26. The first-order valence-corrected chi connectivity index (χ1v) is 6.86. The Hall–Kier alpha value is -2.60. The fraction of sp³-hybridized carbons (Fsp3) is 0.250. The van der Waals surface area contributed by atoms with E-state index in [9.17, 15) is 9.59 Å². The molecule has 6 heteroatoms. The highest BCUT2D eigenvalue weighted by atomic mass is 16.5. The molecule has 0 aliphatic carbocycles. The number of esters is 1. The van der Waals surface area contributed by atoms with Crippen LogP contribution in [0.1, 0.15) is 35.5 Å². The lowest BCUT2D eigenvalue weighted by molar-refractivity contribution is -0.137. The Morgan fingerprint density at radius 2 is 1.91 bits per heavy atom. The molecule has 0 amide bonds. The lowest BCUT2D eigenvalue weighted by Gasteiger charge is -2.05. The Labute approximate surface area is 127 Å². The minimum atomic E-state index is -0.982. The number of rotatable bonds is 6. The quantitative estimate of drug-likeness (QED) is 0.795. The summed E-state index contributed by atoms with van der Waals surface area (Å²) in [6.45, 7) is 2.07. The summed E-state index contributed by atoms with van der Waals surface area (Å²) in [5.74, 6) is -0.389. The fourth-order valence-electron chi connectivity index (χ4n) is 1.98. The van der Waals surface area contributed by atoms with Crippen LogP contribution in [-0.2, 0) is 9.53 Å². The van der Waals surface area contributed by atoms with Gasteiger partial charge < -0.3 is 20.0 Å². The summed E-state index contributed by atoms with van der Waals surface area (Å²) < 4.78 is 10.5. The second-order valence-electron chi connectivity index (χ2n) is 4.70. The summed E-state index contributed by atoms with van der Waals surface area (Å²) in [6.07, 6.45) is -0.200. The molecule has 0 aliphatic heterocycles. The third-order valence-electron chi connectivity index (χ3n) is 3.07. The lowest BCUT2D eigenvalue weighted by Crippen LogP contribution is -2.14. The van der Waals surface area contributed by atoms with Gasteiger partial charge in [-0.25, -0.2) is 4.79 Å². The zero-order valence-electron chi connectivity index (χ0n) is 12.1. The minimum absolute atomic E-state index is 0.200. The molecule has 2 aromatic rings. The van der Waals surface area contributed by atoms with Crippen molar-refractivity contribution in [1.82, 2.24) is 0 Å². The molecule has 0 saturated heterocycles. The molecular weight excluding hydrogens is 286 g/mol. The second kappa shape index (κ2) is 6.91. The van der Waals surface area contributed by atoms with Gasteiger partial charge in [-0.1, -0.05) is 12.1 Å². The summed E-state index contributed by atoms with van der Waals surface area (Å²) >= 11 is 0. The first-order valence-electron chi connectivity index (χ1n) is 6.86. The maximum absolute atomic E-state index is 11.6. The van der Waals surface area contributed by atoms with Crippen molar-refractivity contribution in [1.29, 1.82) is 0 Å². The van der Waals surface area contributed by atoms with Crippen molar-refractivity contribution in [3.63, 3.8) is 0 Å². The maximum Gasteiger partial charge on any atom is 0.338 e. The van der Waals surface area contributed by atoms with Gasteiger partial charge in [0.05, 0.1) is 24.6 Å². The normalized spacial score (nSPS) is 11.9. The van der Waals surface area contributed by atoms with Crippen molar-refractivity contribution >= 4 is 11.9 Å². The van der Waals surface area contributed by atoms with Crippen LogP contribution in [0.4, 0.5) is 0 Å². The monoisotopic (exact) mass is 303 g/mol. The summed E-state index contributed by atoms with van der Waals surface area (Å²) in [5, 5.41) is 8.73. The standard InChI is InChI=1S/C16H17NO5/c1-2-21-16(20)11-5-3-10(4-6-11)13-7-8-14(22-13)12(17)9-15(18)19/h3-8,12H,2,9,17H2,1H3,(H,18,19). The molecule has 0 spiro atoms. The van der Waals surface area contributed by atoms with Gasteiger partial charge in [-0.15, -0.1) is 0 Å². The number of ether oxygens (including phenoxy) is 1. The average molecular weight is 303 g/mol. The molecule has 116 valence electrons. The van der Waals surface area contributed by atoms with Crippen LogP contribution in [0.25, 0.3) is 11.3 Å². The summed E-state index contributed by atoms with van der Waals surface area (Å²) in [4.78, 5) is 22.2. The average Bonchev–Trinajstić information content (AvgIpc) is 2.97. The van der Waals surface area contributed by atoms with E-state index < -0.39 is 12.0 Å². The highest BCUT2D eigenvalue weighted by molar-refractivity contribution is 5.89. The molecule has 1 heterocycles. The van der Waals surface area contributed by atoms with E-state index in [1.54, 1.807) is 43.3 Å². The van der Waals surface area contributed by atoms with E-state index in [1.165, 1.54) is 0 Å². The van der Waals surface area contributed by atoms with Crippen molar-refractivity contribution < 1.29 is 23.8 Å². The predicted molar refractivity (Wildman–Crippen MR) is 79.3 cm³/mol. The van der Waals surface area contributed by atoms with Crippen molar-refractivity contribution in [2.75, 3.05) is 6.61 Å². The Kier molecular flexibility index (Phi) is 4.95. The topological polar surface area (TPSA) is 103 Å². The highest BCUT2D eigenvalue weighted by Gasteiger charge is 2.15.